The molecule has 0 atom stereocenters. The van der Waals surface area contributed by atoms with E-state index in [9.17, 15) is 0 Å². The first kappa shape index (κ1) is 12.5. The van der Waals surface area contributed by atoms with Crippen LogP contribution in [0.2, 0.25) is 0 Å². The lowest BCUT2D eigenvalue weighted by molar-refractivity contribution is 0.149. The molecule has 0 aromatic carbocycles. The van der Waals surface area contributed by atoms with Gasteiger partial charge in [0.15, 0.2) is 5.82 Å². The highest BCUT2D eigenvalue weighted by molar-refractivity contribution is 5.68. The molecule has 104 valence electrons. The summed E-state index contributed by atoms with van der Waals surface area (Å²) >= 11 is 0. The van der Waals surface area contributed by atoms with Gasteiger partial charge < -0.3 is 15.4 Å². The largest absolute Gasteiger partial charge is 0.473 e. The van der Waals surface area contributed by atoms with E-state index in [0.717, 1.165) is 31.7 Å². The summed E-state index contributed by atoms with van der Waals surface area (Å²) in [6.07, 6.45) is 10.3. The van der Waals surface area contributed by atoms with Crippen molar-refractivity contribution in [3.8, 4) is 5.88 Å². The Bertz CT molecular complexity index is 425. The smallest absolute Gasteiger partial charge is 0.242 e. The second-order valence-corrected chi connectivity index (χ2v) is 5.49. The molecule has 5 heteroatoms. The molecule has 1 saturated carbocycles. The van der Waals surface area contributed by atoms with Gasteiger partial charge in [-0.15, -0.1) is 0 Å². The monoisotopic (exact) mass is 262 g/mol. The van der Waals surface area contributed by atoms with Crippen molar-refractivity contribution in [3.63, 3.8) is 0 Å². The van der Waals surface area contributed by atoms with Crippen LogP contribution in [0.15, 0.2) is 6.33 Å². The van der Waals surface area contributed by atoms with Gasteiger partial charge in [0.25, 0.3) is 0 Å². The van der Waals surface area contributed by atoms with Crippen molar-refractivity contribution in [3.05, 3.63) is 6.33 Å². The van der Waals surface area contributed by atoms with E-state index in [1.54, 1.807) is 6.33 Å². The van der Waals surface area contributed by atoms with Crippen LogP contribution in [0, 0.1) is 0 Å². The average molecular weight is 262 g/mol. The number of nitrogens with zero attached hydrogens (tertiary/aromatic N) is 3. The third kappa shape index (κ3) is 2.74. The molecule has 2 N–H and O–H groups in total. The summed E-state index contributed by atoms with van der Waals surface area (Å²) in [6.45, 7) is 2.06. The van der Waals surface area contributed by atoms with Crippen LogP contribution in [0.1, 0.15) is 44.9 Å². The van der Waals surface area contributed by atoms with Crippen LogP contribution in [0.25, 0.3) is 0 Å². The number of aromatic nitrogens is 2. The van der Waals surface area contributed by atoms with Crippen LogP contribution < -0.4 is 15.4 Å². The van der Waals surface area contributed by atoms with Crippen LogP contribution in [0.3, 0.4) is 0 Å². The van der Waals surface area contributed by atoms with Crippen molar-refractivity contribution in [2.24, 2.45) is 0 Å². The van der Waals surface area contributed by atoms with Crippen molar-refractivity contribution in [2.45, 2.75) is 51.0 Å². The number of hydrogen-bond donors (Lipinski definition) is 1. The van der Waals surface area contributed by atoms with Gasteiger partial charge in [-0.2, -0.15) is 4.98 Å². The van der Waals surface area contributed by atoms with E-state index < -0.39 is 0 Å². The number of ether oxygens (including phenoxy) is 1. The van der Waals surface area contributed by atoms with Gasteiger partial charge >= 0.3 is 0 Å². The fourth-order valence-corrected chi connectivity index (χ4v) is 2.99. The fraction of sp³-hybridized carbons (Fsp3) is 0.714. The van der Waals surface area contributed by atoms with E-state index in [1.807, 2.05) is 0 Å². The van der Waals surface area contributed by atoms with Crippen LogP contribution in [-0.4, -0.2) is 29.2 Å². The highest BCUT2D eigenvalue weighted by Gasteiger charge is 2.21. The minimum absolute atomic E-state index is 0.275. The van der Waals surface area contributed by atoms with Gasteiger partial charge in [-0.05, 0) is 38.5 Å². The highest BCUT2D eigenvalue weighted by Crippen LogP contribution is 2.32. The van der Waals surface area contributed by atoms with Gasteiger partial charge in [-0.1, -0.05) is 6.42 Å². The summed E-state index contributed by atoms with van der Waals surface area (Å²) in [5.74, 6) is 1.42. The molecule has 0 bridgehead atoms. The third-order valence-electron chi connectivity index (χ3n) is 4.06. The molecule has 0 radical (unpaired) electrons. The Morgan fingerprint density at radius 3 is 2.53 bits per heavy atom. The van der Waals surface area contributed by atoms with Gasteiger partial charge in [-0.25, -0.2) is 4.98 Å². The van der Waals surface area contributed by atoms with Crippen LogP contribution >= 0.6 is 0 Å². The number of anilines is 2. The van der Waals surface area contributed by atoms with Gasteiger partial charge in [-0.3, -0.25) is 0 Å². The van der Waals surface area contributed by atoms with Gasteiger partial charge in [0, 0.05) is 13.1 Å². The molecule has 2 heterocycles. The Hall–Kier alpha value is -1.52. The quantitative estimate of drug-likeness (QED) is 0.906. The summed E-state index contributed by atoms with van der Waals surface area (Å²) in [6, 6.07) is 0. The predicted octanol–water partition coefficient (Wildman–Crippen LogP) is 2.37. The zero-order valence-corrected chi connectivity index (χ0v) is 11.3. The number of rotatable bonds is 3. The molecule has 1 aromatic rings. The second kappa shape index (κ2) is 5.63. The number of nitrogens with two attached hydrogens (primary N) is 1. The van der Waals surface area contributed by atoms with Crippen molar-refractivity contribution >= 4 is 11.5 Å². The average Bonchev–Trinajstić information content (AvgIpc) is 2.96. The second-order valence-electron chi connectivity index (χ2n) is 5.49. The lowest BCUT2D eigenvalue weighted by atomic mass is 9.98. The third-order valence-corrected chi connectivity index (χ3v) is 4.06. The molecule has 5 nitrogen and oxygen atoms in total. The zero-order valence-electron chi connectivity index (χ0n) is 11.3. The number of nitrogen functional groups attached to an aromatic ring is 1. The minimum Gasteiger partial charge on any atom is -0.473 e. The molecular weight excluding hydrogens is 240 g/mol. The van der Waals surface area contributed by atoms with E-state index in [-0.39, 0.29) is 6.10 Å². The molecule has 19 heavy (non-hydrogen) atoms. The van der Waals surface area contributed by atoms with Crippen LogP contribution in [0.4, 0.5) is 11.5 Å². The first-order valence-electron chi connectivity index (χ1n) is 7.36. The maximum Gasteiger partial charge on any atom is 0.242 e. The summed E-state index contributed by atoms with van der Waals surface area (Å²) in [7, 11) is 0. The molecule has 1 aromatic heterocycles. The lowest BCUT2D eigenvalue weighted by Crippen LogP contribution is -2.23. The summed E-state index contributed by atoms with van der Waals surface area (Å²) in [4.78, 5) is 10.8. The maximum atomic E-state index is 6.19. The van der Waals surface area contributed by atoms with E-state index in [2.05, 4.69) is 14.9 Å². The Balaban J connectivity index is 1.75. The normalized spacial score (nSPS) is 20.7. The highest BCUT2D eigenvalue weighted by atomic mass is 16.5. The summed E-state index contributed by atoms with van der Waals surface area (Å²) in [5, 5.41) is 0. The van der Waals surface area contributed by atoms with Crippen molar-refractivity contribution < 1.29 is 4.74 Å². The van der Waals surface area contributed by atoms with Crippen molar-refractivity contribution in [1.82, 2.24) is 9.97 Å². The van der Waals surface area contributed by atoms with E-state index in [1.165, 1.54) is 32.1 Å². The Labute approximate surface area is 114 Å². The Morgan fingerprint density at radius 1 is 1.05 bits per heavy atom. The summed E-state index contributed by atoms with van der Waals surface area (Å²) in [5.41, 5.74) is 6.80. The molecule has 3 rings (SSSR count). The molecule has 2 fully saturated rings. The molecule has 1 aliphatic heterocycles. The molecule has 0 amide bonds. The molecule has 1 saturated heterocycles. The van der Waals surface area contributed by atoms with E-state index in [4.69, 9.17) is 10.5 Å². The molecule has 0 spiro atoms. The maximum absolute atomic E-state index is 6.19. The Morgan fingerprint density at radius 2 is 1.79 bits per heavy atom. The first-order chi connectivity index (χ1) is 9.34. The van der Waals surface area contributed by atoms with Crippen molar-refractivity contribution in [2.75, 3.05) is 23.7 Å². The Kier molecular flexibility index (Phi) is 3.71. The lowest BCUT2D eigenvalue weighted by Gasteiger charge is -2.24. The fourth-order valence-electron chi connectivity index (χ4n) is 2.99. The van der Waals surface area contributed by atoms with Crippen LogP contribution in [-0.2, 0) is 0 Å². The SMILES string of the molecule is Nc1c(OC2CCCCC2)ncnc1N1CCCC1. The summed E-state index contributed by atoms with van der Waals surface area (Å²) < 4.78 is 5.98. The molecule has 0 unspecified atom stereocenters. The minimum atomic E-state index is 0.275. The molecule has 1 aliphatic carbocycles. The number of hydrogen-bond acceptors (Lipinski definition) is 5. The molecular formula is C14H22N4O. The van der Waals surface area contributed by atoms with Crippen LogP contribution in [0.5, 0.6) is 5.88 Å². The van der Waals surface area contributed by atoms with Gasteiger partial charge in [0.05, 0.1) is 0 Å². The molecule has 2 aliphatic rings. The zero-order chi connectivity index (χ0) is 13.1. The van der Waals surface area contributed by atoms with Gasteiger partial charge in [0.1, 0.15) is 18.1 Å². The predicted molar refractivity (Wildman–Crippen MR) is 75.4 cm³/mol. The van der Waals surface area contributed by atoms with Gasteiger partial charge in [0.2, 0.25) is 5.88 Å². The van der Waals surface area contributed by atoms with Crippen molar-refractivity contribution in [1.29, 1.82) is 0 Å². The van der Waals surface area contributed by atoms with E-state index in [0.29, 0.717) is 11.6 Å². The topological polar surface area (TPSA) is 64.3 Å². The first-order valence-corrected chi connectivity index (χ1v) is 7.36. The standard InChI is InChI=1S/C14H22N4O/c15-12-13(18-8-4-5-9-18)16-10-17-14(12)19-11-6-2-1-3-7-11/h10-11H,1-9,15H2. The van der Waals surface area contributed by atoms with E-state index >= 15 is 0 Å².